The van der Waals surface area contributed by atoms with Crippen LogP contribution in [0.5, 0.6) is 17.2 Å². The molecule has 1 aliphatic heterocycles. The Bertz CT molecular complexity index is 926. The van der Waals surface area contributed by atoms with Crippen molar-refractivity contribution in [1.82, 2.24) is 0 Å². The maximum Gasteiger partial charge on any atom is 0.189 e. The Hall–Kier alpha value is -2.75. The fraction of sp³-hybridized carbons (Fsp3) is 0.348. The summed E-state index contributed by atoms with van der Waals surface area (Å²) in [6.07, 6.45) is 4.56. The van der Waals surface area contributed by atoms with E-state index >= 15 is 0 Å². The molecule has 1 heterocycles. The zero-order chi connectivity index (χ0) is 19.0. The molecule has 2 aromatic rings. The third-order valence-electron chi connectivity index (χ3n) is 5.17. The number of benzene rings is 2. The van der Waals surface area contributed by atoms with Gasteiger partial charge in [0.25, 0.3) is 0 Å². The molecule has 4 heteroatoms. The smallest absolute Gasteiger partial charge is 0.189 e. The Balaban J connectivity index is 1.71. The molecule has 0 bridgehead atoms. The van der Waals surface area contributed by atoms with Crippen molar-refractivity contribution in [1.29, 1.82) is 0 Å². The largest absolute Gasteiger partial charge is 0.497 e. The molecule has 1 atom stereocenters. The van der Waals surface area contributed by atoms with Crippen LogP contribution in [-0.4, -0.2) is 25.6 Å². The van der Waals surface area contributed by atoms with Gasteiger partial charge in [0.1, 0.15) is 23.4 Å². The van der Waals surface area contributed by atoms with Crippen LogP contribution in [0.25, 0.3) is 6.08 Å². The van der Waals surface area contributed by atoms with Crippen LogP contribution in [0.2, 0.25) is 0 Å². The molecule has 0 aromatic heterocycles. The van der Waals surface area contributed by atoms with E-state index in [1.807, 2.05) is 37.3 Å². The number of aryl methyl sites for hydroxylation is 1. The van der Waals surface area contributed by atoms with E-state index in [2.05, 4.69) is 13.0 Å². The lowest BCUT2D eigenvalue weighted by Gasteiger charge is -2.19. The van der Waals surface area contributed by atoms with Crippen LogP contribution in [0.1, 0.15) is 47.3 Å². The maximum absolute atomic E-state index is 13.0. The van der Waals surface area contributed by atoms with Crippen molar-refractivity contribution in [3.8, 4) is 17.2 Å². The van der Waals surface area contributed by atoms with Crippen molar-refractivity contribution in [3.05, 3.63) is 58.2 Å². The molecule has 0 spiro atoms. The van der Waals surface area contributed by atoms with E-state index in [0.29, 0.717) is 13.0 Å². The molecule has 0 radical (unpaired) electrons. The van der Waals surface area contributed by atoms with E-state index in [9.17, 15) is 4.79 Å². The SMILES string of the molecule is CCOc1cc2c(cc1/C=C1\CCc3cc(OC)ccc3C1=O)OC(C)C2. The summed E-state index contributed by atoms with van der Waals surface area (Å²) in [7, 11) is 1.64. The molecule has 1 aliphatic carbocycles. The van der Waals surface area contributed by atoms with Gasteiger partial charge in [-0.2, -0.15) is 0 Å². The summed E-state index contributed by atoms with van der Waals surface area (Å²) < 4.78 is 17.0. The summed E-state index contributed by atoms with van der Waals surface area (Å²) in [4.78, 5) is 13.0. The Morgan fingerprint density at radius 2 is 2.04 bits per heavy atom. The number of carbonyl (C=O) groups is 1. The number of ketones is 1. The average molecular weight is 364 g/mol. The lowest BCUT2D eigenvalue weighted by molar-refractivity contribution is 0.102. The molecule has 2 aliphatic rings. The zero-order valence-electron chi connectivity index (χ0n) is 16.0. The average Bonchev–Trinajstić information content (AvgIpc) is 3.03. The predicted molar refractivity (Wildman–Crippen MR) is 105 cm³/mol. The van der Waals surface area contributed by atoms with Crippen LogP contribution in [0.4, 0.5) is 0 Å². The van der Waals surface area contributed by atoms with Gasteiger partial charge in [-0.3, -0.25) is 4.79 Å². The van der Waals surface area contributed by atoms with Gasteiger partial charge in [-0.25, -0.2) is 0 Å². The molecule has 1 unspecified atom stereocenters. The summed E-state index contributed by atoms with van der Waals surface area (Å²) in [5.74, 6) is 2.58. The quantitative estimate of drug-likeness (QED) is 0.742. The summed E-state index contributed by atoms with van der Waals surface area (Å²) in [6.45, 7) is 4.62. The van der Waals surface area contributed by atoms with Crippen molar-refractivity contribution in [2.75, 3.05) is 13.7 Å². The molecule has 4 rings (SSSR count). The van der Waals surface area contributed by atoms with Crippen LogP contribution in [-0.2, 0) is 12.8 Å². The standard InChI is InChI=1S/C23H24O4/c1-4-26-21-12-17-9-14(2)27-22(17)13-18(21)10-16-6-5-15-11-19(25-3)7-8-20(15)23(16)24/h7-8,10-14H,4-6,9H2,1-3H3/b16-10+. The first-order valence-electron chi connectivity index (χ1n) is 9.47. The van der Waals surface area contributed by atoms with Gasteiger partial charge in [0.05, 0.1) is 13.7 Å². The van der Waals surface area contributed by atoms with Crippen molar-refractivity contribution in [2.24, 2.45) is 0 Å². The lowest BCUT2D eigenvalue weighted by Crippen LogP contribution is -2.14. The highest BCUT2D eigenvalue weighted by molar-refractivity contribution is 6.13. The number of hydrogen-bond donors (Lipinski definition) is 0. The summed E-state index contributed by atoms with van der Waals surface area (Å²) in [5.41, 5.74) is 4.69. The number of hydrogen-bond acceptors (Lipinski definition) is 4. The van der Waals surface area contributed by atoms with Crippen LogP contribution < -0.4 is 14.2 Å². The molecule has 0 N–H and O–H groups in total. The first kappa shape index (κ1) is 17.7. The summed E-state index contributed by atoms with van der Waals surface area (Å²) in [6, 6.07) is 9.73. The Labute approximate surface area is 159 Å². The Morgan fingerprint density at radius 1 is 1.19 bits per heavy atom. The second-order valence-corrected chi connectivity index (χ2v) is 7.09. The van der Waals surface area contributed by atoms with Gasteiger partial charge in [-0.1, -0.05) is 0 Å². The fourth-order valence-corrected chi connectivity index (χ4v) is 3.86. The lowest BCUT2D eigenvalue weighted by atomic mass is 9.85. The molecule has 0 fully saturated rings. The molecule has 0 saturated heterocycles. The van der Waals surface area contributed by atoms with Crippen molar-refractivity contribution in [3.63, 3.8) is 0 Å². The molecular formula is C23H24O4. The maximum atomic E-state index is 13.0. The zero-order valence-corrected chi connectivity index (χ0v) is 16.0. The van der Waals surface area contributed by atoms with Gasteiger partial charge in [-0.05, 0) is 68.7 Å². The molecule has 0 saturated carbocycles. The number of ether oxygens (including phenoxy) is 3. The number of fused-ring (bicyclic) bond motifs is 2. The van der Waals surface area contributed by atoms with E-state index < -0.39 is 0 Å². The van der Waals surface area contributed by atoms with Gasteiger partial charge in [0.15, 0.2) is 5.78 Å². The van der Waals surface area contributed by atoms with Gasteiger partial charge in [-0.15, -0.1) is 0 Å². The monoisotopic (exact) mass is 364 g/mol. The van der Waals surface area contributed by atoms with Gasteiger partial charge < -0.3 is 14.2 Å². The van der Waals surface area contributed by atoms with Crippen LogP contribution in [0, 0.1) is 0 Å². The van der Waals surface area contributed by atoms with Crippen LogP contribution in [0.3, 0.4) is 0 Å². The van der Waals surface area contributed by atoms with Crippen LogP contribution in [0.15, 0.2) is 35.9 Å². The molecule has 140 valence electrons. The number of rotatable bonds is 4. The van der Waals surface area contributed by atoms with E-state index in [0.717, 1.165) is 52.4 Å². The minimum absolute atomic E-state index is 0.0798. The number of Topliss-reactive ketones (excluding diaryl/α,β-unsaturated/α-hetero) is 1. The third-order valence-corrected chi connectivity index (χ3v) is 5.17. The highest BCUT2D eigenvalue weighted by Crippen LogP contribution is 2.37. The van der Waals surface area contributed by atoms with Crippen molar-refractivity contribution < 1.29 is 19.0 Å². The third kappa shape index (κ3) is 3.32. The van der Waals surface area contributed by atoms with E-state index in [4.69, 9.17) is 14.2 Å². The van der Waals surface area contributed by atoms with E-state index in [1.54, 1.807) is 7.11 Å². The normalized spacial score (nSPS) is 19.4. The van der Waals surface area contributed by atoms with Gasteiger partial charge in [0, 0.05) is 28.7 Å². The number of carbonyl (C=O) groups excluding carboxylic acids is 1. The minimum Gasteiger partial charge on any atom is -0.497 e. The minimum atomic E-state index is 0.0798. The topological polar surface area (TPSA) is 44.8 Å². The summed E-state index contributed by atoms with van der Waals surface area (Å²) in [5, 5.41) is 0. The second-order valence-electron chi connectivity index (χ2n) is 7.09. The molecule has 27 heavy (non-hydrogen) atoms. The highest BCUT2D eigenvalue weighted by Gasteiger charge is 2.25. The van der Waals surface area contributed by atoms with E-state index in [-0.39, 0.29) is 11.9 Å². The Kier molecular flexibility index (Phi) is 4.65. The van der Waals surface area contributed by atoms with Crippen molar-refractivity contribution in [2.45, 2.75) is 39.2 Å². The molecular weight excluding hydrogens is 340 g/mol. The summed E-state index contributed by atoms with van der Waals surface area (Å²) >= 11 is 0. The first-order chi connectivity index (χ1) is 13.1. The Morgan fingerprint density at radius 3 is 2.81 bits per heavy atom. The number of allylic oxidation sites excluding steroid dienone is 1. The predicted octanol–water partition coefficient (Wildman–Crippen LogP) is 4.63. The number of methoxy groups -OCH3 is 1. The van der Waals surface area contributed by atoms with Crippen LogP contribution >= 0.6 is 0 Å². The highest BCUT2D eigenvalue weighted by atomic mass is 16.5. The first-order valence-corrected chi connectivity index (χ1v) is 9.47. The molecule has 0 amide bonds. The molecule has 4 nitrogen and oxygen atoms in total. The van der Waals surface area contributed by atoms with Gasteiger partial charge in [0.2, 0.25) is 0 Å². The second kappa shape index (κ2) is 7.10. The molecule has 2 aromatic carbocycles. The van der Waals surface area contributed by atoms with E-state index in [1.165, 1.54) is 5.56 Å². The fourth-order valence-electron chi connectivity index (χ4n) is 3.86. The van der Waals surface area contributed by atoms with Crippen molar-refractivity contribution >= 4 is 11.9 Å². The van der Waals surface area contributed by atoms with Gasteiger partial charge >= 0.3 is 0 Å².